The van der Waals surface area contributed by atoms with Crippen LogP contribution in [0.4, 0.5) is 0 Å². The predicted octanol–water partition coefficient (Wildman–Crippen LogP) is 3.05. The van der Waals surface area contributed by atoms with Crippen LogP contribution in [0.2, 0.25) is 0 Å². The number of carbonyl (C=O) groups excluding carboxylic acids is 1. The molecule has 0 fully saturated rings. The van der Waals surface area contributed by atoms with E-state index in [0.29, 0.717) is 32.1 Å². The molecule has 0 bridgehead atoms. The predicted molar refractivity (Wildman–Crippen MR) is 101 cm³/mol. The number of hydrogen-bond acceptors (Lipinski definition) is 6. The normalized spacial score (nSPS) is 13.1. The van der Waals surface area contributed by atoms with E-state index in [1.807, 2.05) is 12.1 Å². The van der Waals surface area contributed by atoms with E-state index in [0.717, 1.165) is 11.1 Å². The Labute approximate surface area is 158 Å². The zero-order chi connectivity index (χ0) is 19.8. The molecule has 2 aromatic rings. The van der Waals surface area contributed by atoms with Crippen LogP contribution in [-0.4, -0.2) is 38.6 Å². The van der Waals surface area contributed by atoms with Crippen LogP contribution >= 0.6 is 0 Å². The van der Waals surface area contributed by atoms with E-state index in [2.05, 4.69) is 0 Å². The molecule has 0 amide bonds. The average Bonchev–Trinajstić information content (AvgIpc) is 2.61. The summed E-state index contributed by atoms with van der Waals surface area (Å²) < 4.78 is 5.32. The molecule has 6 heteroatoms. The van der Waals surface area contributed by atoms with Crippen LogP contribution in [-0.2, 0) is 22.4 Å². The molecule has 0 heterocycles. The molecule has 6 nitrogen and oxygen atoms in total. The first-order valence-electron chi connectivity index (χ1n) is 8.97. The maximum Gasteiger partial charge on any atom is 0.302 e. The van der Waals surface area contributed by atoms with Gasteiger partial charge in [-0.15, -0.1) is 0 Å². The van der Waals surface area contributed by atoms with Crippen LogP contribution < -0.4 is 0 Å². The van der Waals surface area contributed by atoms with Gasteiger partial charge >= 0.3 is 5.97 Å². The van der Waals surface area contributed by atoms with Crippen molar-refractivity contribution in [1.29, 1.82) is 0 Å². The Morgan fingerprint density at radius 3 is 2.19 bits per heavy atom. The maximum absolute atomic E-state index is 11.4. The van der Waals surface area contributed by atoms with E-state index in [1.165, 1.54) is 19.1 Å². The molecule has 27 heavy (non-hydrogen) atoms. The van der Waals surface area contributed by atoms with Gasteiger partial charge in [0.1, 0.15) is 11.9 Å². The summed E-state index contributed by atoms with van der Waals surface area (Å²) in [6, 6.07) is 11.4. The highest BCUT2D eigenvalue weighted by molar-refractivity contribution is 5.66. The highest BCUT2D eigenvalue weighted by Crippen LogP contribution is 2.26. The minimum absolute atomic E-state index is 0.181. The Balaban J connectivity index is 1.87. The van der Waals surface area contributed by atoms with E-state index in [4.69, 9.17) is 4.74 Å². The molecule has 146 valence electrons. The van der Waals surface area contributed by atoms with Crippen molar-refractivity contribution in [2.75, 3.05) is 0 Å². The lowest BCUT2D eigenvalue weighted by Gasteiger charge is -2.20. The number of aliphatic hydroxyl groups is 1. The van der Waals surface area contributed by atoms with E-state index in [9.17, 15) is 25.2 Å². The third-order valence-corrected chi connectivity index (χ3v) is 4.36. The summed E-state index contributed by atoms with van der Waals surface area (Å²) in [5.41, 5.74) is 1.82. The van der Waals surface area contributed by atoms with Crippen molar-refractivity contribution in [3.63, 3.8) is 0 Å². The first kappa shape index (κ1) is 20.6. The number of benzene rings is 2. The largest absolute Gasteiger partial charge is 0.508 e. The zero-order valence-corrected chi connectivity index (χ0v) is 15.3. The average molecular weight is 374 g/mol. The fourth-order valence-electron chi connectivity index (χ4n) is 2.93. The Morgan fingerprint density at radius 1 is 0.926 bits per heavy atom. The first-order chi connectivity index (χ1) is 12.8. The van der Waals surface area contributed by atoms with Crippen molar-refractivity contribution in [3.8, 4) is 17.2 Å². The Kier molecular flexibility index (Phi) is 7.49. The molecule has 0 spiro atoms. The van der Waals surface area contributed by atoms with Gasteiger partial charge in [-0.3, -0.25) is 4.79 Å². The van der Waals surface area contributed by atoms with Crippen molar-refractivity contribution in [2.45, 2.75) is 51.2 Å². The van der Waals surface area contributed by atoms with Crippen LogP contribution in [0.25, 0.3) is 0 Å². The molecular formula is C21H26O6. The van der Waals surface area contributed by atoms with E-state index in [1.54, 1.807) is 18.2 Å². The number of ether oxygens (including phenoxy) is 1. The molecule has 4 N–H and O–H groups in total. The molecule has 0 aliphatic rings. The molecule has 2 rings (SSSR count). The Hall–Kier alpha value is -2.73. The summed E-state index contributed by atoms with van der Waals surface area (Å²) in [6.45, 7) is 1.34. The van der Waals surface area contributed by atoms with Gasteiger partial charge in [0.25, 0.3) is 0 Å². The van der Waals surface area contributed by atoms with E-state index < -0.39 is 18.2 Å². The lowest BCUT2D eigenvalue weighted by molar-refractivity contribution is -0.148. The minimum atomic E-state index is -0.628. The number of carbonyl (C=O) groups is 1. The zero-order valence-electron chi connectivity index (χ0n) is 15.3. The fourth-order valence-corrected chi connectivity index (χ4v) is 2.93. The second kappa shape index (κ2) is 9.83. The number of rotatable bonds is 9. The maximum atomic E-state index is 11.4. The summed E-state index contributed by atoms with van der Waals surface area (Å²) >= 11 is 0. The van der Waals surface area contributed by atoms with Gasteiger partial charge < -0.3 is 25.2 Å². The summed E-state index contributed by atoms with van der Waals surface area (Å²) in [4.78, 5) is 11.4. The second-order valence-electron chi connectivity index (χ2n) is 6.69. The summed E-state index contributed by atoms with van der Waals surface area (Å²) in [5, 5.41) is 38.5. The third-order valence-electron chi connectivity index (χ3n) is 4.36. The van der Waals surface area contributed by atoms with Crippen molar-refractivity contribution < 1.29 is 30.0 Å². The van der Waals surface area contributed by atoms with Gasteiger partial charge in [0.15, 0.2) is 11.5 Å². The van der Waals surface area contributed by atoms with Crippen LogP contribution in [0.1, 0.15) is 37.3 Å². The number of aliphatic hydroxyl groups excluding tert-OH is 1. The number of phenols is 3. The summed E-state index contributed by atoms with van der Waals surface area (Å²) in [7, 11) is 0. The molecule has 0 radical (unpaired) electrons. The van der Waals surface area contributed by atoms with Gasteiger partial charge in [-0.25, -0.2) is 0 Å². The van der Waals surface area contributed by atoms with Crippen LogP contribution in [0, 0.1) is 0 Å². The molecule has 0 aliphatic heterocycles. The number of aromatic hydroxyl groups is 3. The topological polar surface area (TPSA) is 107 Å². The van der Waals surface area contributed by atoms with Crippen molar-refractivity contribution in [3.05, 3.63) is 53.6 Å². The van der Waals surface area contributed by atoms with Gasteiger partial charge in [-0.1, -0.05) is 18.2 Å². The van der Waals surface area contributed by atoms with Gasteiger partial charge in [0.05, 0.1) is 6.10 Å². The highest BCUT2D eigenvalue weighted by atomic mass is 16.5. The number of hydrogen-bond donors (Lipinski definition) is 4. The molecule has 0 aromatic heterocycles. The first-order valence-corrected chi connectivity index (χ1v) is 8.97. The quantitative estimate of drug-likeness (QED) is 0.397. The number of phenolic OH excluding ortho intramolecular Hbond substituents is 3. The van der Waals surface area contributed by atoms with Gasteiger partial charge in [-0.2, -0.15) is 0 Å². The van der Waals surface area contributed by atoms with E-state index in [-0.39, 0.29) is 17.2 Å². The van der Waals surface area contributed by atoms with Crippen LogP contribution in [0.5, 0.6) is 17.2 Å². The molecule has 0 saturated heterocycles. The number of esters is 1. The molecule has 0 saturated carbocycles. The Bertz CT molecular complexity index is 741. The van der Waals surface area contributed by atoms with Crippen molar-refractivity contribution in [1.82, 2.24) is 0 Å². The fraction of sp³-hybridized carbons (Fsp3) is 0.381. The van der Waals surface area contributed by atoms with Crippen molar-refractivity contribution >= 4 is 5.97 Å². The summed E-state index contributed by atoms with van der Waals surface area (Å²) in [5.74, 6) is -0.570. The lowest BCUT2D eigenvalue weighted by atomic mass is 9.98. The summed E-state index contributed by atoms with van der Waals surface area (Å²) in [6.07, 6.45) is 1.46. The van der Waals surface area contributed by atoms with Gasteiger partial charge in [0.2, 0.25) is 0 Å². The monoisotopic (exact) mass is 374 g/mol. The van der Waals surface area contributed by atoms with Crippen molar-refractivity contribution in [2.24, 2.45) is 0 Å². The number of aryl methyl sites for hydroxylation is 2. The lowest BCUT2D eigenvalue weighted by Crippen LogP contribution is -2.24. The molecule has 2 atom stereocenters. The van der Waals surface area contributed by atoms with Crippen LogP contribution in [0.15, 0.2) is 42.5 Å². The SMILES string of the molecule is CC(=O)O[C@@H](CCc1ccc(O)c(O)c1)C[C@@H](O)CCc1ccc(O)cc1. The molecule has 2 aromatic carbocycles. The smallest absolute Gasteiger partial charge is 0.302 e. The molecule has 0 unspecified atom stereocenters. The minimum Gasteiger partial charge on any atom is -0.508 e. The third kappa shape index (κ3) is 7.19. The van der Waals surface area contributed by atoms with Gasteiger partial charge in [-0.05, 0) is 61.1 Å². The standard InChI is InChI=1S/C21H26O6/c1-14(22)27-19(10-5-16-6-11-20(25)21(26)12-16)13-18(24)9-4-15-2-7-17(23)8-3-15/h2-3,6-8,11-12,18-19,23-26H,4-5,9-10,13H2,1H3/t18-,19-/m0/s1. The Morgan fingerprint density at radius 2 is 1.56 bits per heavy atom. The highest BCUT2D eigenvalue weighted by Gasteiger charge is 2.18. The molecular weight excluding hydrogens is 348 g/mol. The second-order valence-corrected chi connectivity index (χ2v) is 6.69. The van der Waals surface area contributed by atoms with Gasteiger partial charge in [0, 0.05) is 13.3 Å². The van der Waals surface area contributed by atoms with Crippen LogP contribution in [0.3, 0.4) is 0 Å². The van der Waals surface area contributed by atoms with E-state index >= 15 is 0 Å². The molecule has 0 aliphatic carbocycles.